The third-order valence-corrected chi connectivity index (χ3v) is 9.29. The number of ether oxygens (including phenoxy) is 1. The molecule has 1 saturated heterocycles. The third kappa shape index (κ3) is 3.16. The molecule has 0 radical (unpaired) electrons. The number of methoxy groups -OCH3 is 1. The van der Waals surface area contributed by atoms with E-state index < -0.39 is 16.8 Å². The van der Waals surface area contributed by atoms with Gasteiger partial charge in [-0.2, -0.15) is 0 Å². The van der Waals surface area contributed by atoms with E-state index in [4.69, 9.17) is 16.3 Å². The Balaban J connectivity index is 1.50. The van der Waals surface area contributed by atoms with Crippen LogP contribution >= 0.6 is 11.6 Å². The van der Waals surface area contributed by atoms with Gasteiger partial charge in [0.05, 0.1) is 12.5 Å². The Morgan fingerprint density at radius 2 is 1.84 bits per heavy atom. The van der Waals surface area contributed by atoms with E-state index in [9.17, 15) is 14.7 Å². The fourth-order valence-electron chi connectivity index (χ4n) is 7.58. The van der Waals surface area contributed by atoms with Crippen LogP contribution in [0.5, 0.6) is 5.75 Å². The van der Waals surface area contributed by atoms with Crippen molar-refractivity contribution in [2.75, 3.05) is 20.2 Å². The van der Waals surface area contributed by atoms with Crippen LogP contribution in [0.3, 0.4) is 0 Å². The minimum atomic E-state index is -1.11. The second-order valence-electron chi connectivity index (χ2n) is 10.4. The number of rotatable bonds is 5. The summed E-state index contributed by atoms with van der Waals surface area (Å²) in [5, 5.41) is 11.5. The number of hydrogen-bond acceptors (Lipinski definition) is 3. The van der Waals surface area contributed by atoms with Crippen molar-refractivity contribution in [1.29, 1.82) is 0 Å². The molecule has 4 unspecified atom stereocenters. The third-order valence-electron chi connectivity index (χ3n) is 9.05. The molecule has 1 amide bonds. The molecule has 7 rings (SSSR count). The molecule has 2 bridgehead atoms. The molecule has 1 saturated carbocycles. The number of halogens is 1. The monoisotopic (exact) mass is 513 g/mol. The van der Waals surface area contributed by atoms with Gasteiger partial charge in [0, 0.05) is 46.5 Å². The first kappa shape index (κ1) is 23.8. The van der Waals surface area contributed by atoms with Crippen LogP contribution in [0.15, 0.2) is 79.4 Å². The summed E-state index contributed by atoms with van der Waals surface area (Å²) in [6.45, 7) is 4.58. The molecule has 1 heterocycles. The van der Waals surface area contributed by atoms with E-state index in [1.165, 1.54) is 0 Å². The van der Waals surface area contributed by atoms with Crippen LogP contribution < -0.4 is 4.74 Å². The lowest BCUT2D eigenvalue weighted by atomic mass is 9.42. The van der Waals surface area contributed by atoms with Gasteiger partial charge in [0.15, 0.2) is 0 Å². The maximum atomic E-state index is 13.9. The summed E-state index contributed by atoms with van der Waals surface area (Å²) in [6, 6.07) is 23.3. The molecule has 4 atom stereocenters. The predicted octanol–water partition coefficient (Wildman–Crippen LogP) is 5.77. The number of amides is 1. The molecule has 5 nitrogen and oxygen atoms in total. The van der Waals surface area contributed by atoms with E-state index in [1.807, 2.05) is 48.5 Å². The number of nitrogens with zero attached hydrogens (tertiary/aromatic N) is 1. The molecule has 37 heavy (non-hydrogen) atoms. The fraction of sp³-hybridized carbons (Fsp3) is 0.290. The van der Waals surface area contributed by atoms with Crippen molar-refractivity contribution in [3.63, 3.8) is 0 Å². The number of aliphatic carboxylic acids is 1. The van der Waals surface area contributed by atoms with Gasteiger partial charge < -0.3 is 14.7 Å². The number of carbonyl (C=O) groups excluding carboxylic acids is 1. The zero-order chi connectivity index (χ0) is 25.9. The van der Waals surface area contributed by atoms with Gasteiger partial charge in [-0.1, -0.05) is 72.8 Å². The van der Waals surface area contributed by atoms with Gasteiger partial charge in [-0.3, -0.25) is 9.59 Å². The van der Waals surface area contributed by atoms with Crippen LogP contribution in [0.1, 0.15) is 41.0 Å². The highest BCUT2D eigenvalue weighted by Gasteiger charge is 2.70. The second-order valence-corrected chi connectivity index (χ2v) is 10.9. The lowest BCUT2D eigenvalue weighted by molar-refractivity contribution is -0.157. The van der Waals surface area contributed by atoms with E-state index in [2.05, 4.69) is 24.8 Å². The molecule has 3 aromatic carbocycles. The van der Waals surface area contributed by atoms with Gasteiger partial charge in [-0.15, -0.1) is 0 Å². The lowest BCUT2D eigenvalue weighted by Crippen LogP contribution is -2.60. The predicted molar refractivity (Wildman–Crippen MR) is 143 cm³/mol. The first-order chi connectivity index (χ1) is 17.8. The Bertz CT molecular complexity index is 1450. The van der Waals surface area contributed by atoms with Crippen molar-refractivity contribution >= 4 is 29.1 Å². The van der Waals surface area contributed by atoms with Gasteiger partial charge in [0.25, 0.3) is 5.91 Å². The summed E-state index contributed by atoms with van der Waals surface area (Å²) in [5.74, 6) is -1.03. The molecule has 6 heteroatoms. The number of fused-ring (bicyclic) bond motifs is 1. The Morgan fingerprint density at radius 3 is 2.59 bits per heavy atom. The largest absolute Gasteiger partial charge is 0.496 e. The average Bonchev–Trinajstić information content (AvgIpc) is 3.36. The highest BCUT2D eigenvalue weighted by atomic mass is 35.5. The smallest absolute Gasteiger partial charge is 0.312 e. The Morgan fingerprint density at radius 1 is 1.08 bits per heavy atom. The Kier molecular flexibility index (Phi) is 5.46. The van der Waals surface area contributed by atoms with Crippen LogP contribution in [0.25, 0.3) is 5.57 Å². The van der Waals surface area contributed by atoms with E-state index >= 15 is 0 Å². The quantitative estimate of drug-likeness (QED) is 0.440. The topological polar surface area (TPSA) is 66.8 Å². The number of benzene rings is 3. The molecule has 2 fully saturated rings. The molecule has 3 aliphatic carbocycles. The van der Waals surface area contributed by atoms with E-state index in [1.54, 1.807) is 18.1 Å². The van der Waals surface area contributed by atoms with Crippen LogP contribution in [0, 0.1) is 11.3 Å². The minimum absolute atomic E-state index is 0.140. The van der Waals surface area contributed by atoms with Crippen LogP contribution in [-0.4, -0.2) is 42.1 Å². The zero-order valence-electron chi connectivity index (χ0n) is 20.6. The van der Waals surface area contributed by atoms with Crippen molar-refractivity contribution in [2.45, 2.75) is 24.2 Å². The number of carboxylic acid groups (broad SMARTS) is 1. The minimum Gasteiger partial charge on any atom is -0.496 e. The van der Waals surface area contributed by atoms with E-state index in [0.29, 0.717) is 28.5 Å². The van der Waals surface area contributed by atoms with Crippen molar-refractivity contribution in [1.82, 2.24) is 4.90 Å². The highest BCUT2D eigenvalue weighted by Crippen LogP contribution is 2.69. The number of carbonyl (C=O) groups is 2. The zero-order valence-corrected chi connectivity index (χ0v) is 21.4. The van der Waals surface area contributed by atoms with Crippen molar-refractivity contribution < 1.29 is 19.4 Å². The van der Waals surface area contributed by atoms with Crippen molar-refractivity contribution in [2.24, 2.45) is 11.3 Å². The highest BCUT2D eigenvalue weighted by molar-refractivity contribution is 6.30. The Hall–Kier alpha value is -3.57. The van der Waals surface area contributed by atoms with Crippen molar-refractivity contribution in [3.8, 4) is 5.75 Å². The second kappa shape index (κ2) is 8.49. The van der Waals surface area contributed by atoms with E-state index in [-0.39, 0.29) is 24.3 Å². The summed E-state index contributed by atoms with van der Waals surface area (Å²) in [5.41, 5.74) is 2.50. The van der Waals surface area contributed by atoms with Gasteiger partial charge in [0.1, 0.15) is 5.75 Å². The van der Waals surface area contributed by atoms with Gasteiger partial charge >= 0.3 is 5.97 Å². The summed E-state index contributed by atoms with van der Waals surface area (Å²) in [6.07, 6.45) is 1.55. The summed E-state index contributed by atoms with van der Waals surface area (Å²) in [7, 11) is 1.56. The summed E-state index contributed by atoms with van der Waals surface area (Å²) >= 11 is 6.48. The fourth-order valence-corrected chi connectivity index (χ4v) is 7.77. The van der Waals surface area contributed by atoms with Gasteiger partial charge in [0.2, 0.25) is 0 Å². The molecule has 4 aliphatic rings. The number of hydrogen-bond donors (Lipinski definition) is 1. The normalized spacial score (nSPS) is 27.4. The van der Waals surface area contributed by atoms with E-state index in [0.717, 1.165) is 29.5 Å². The average molecular weight is 514 g/mol. The number of carboxylic acids is 1. The SMILES string of the molecule is C=C(C(=O)N1CC2C3(c4cccc(Cl)c4)CCC(c4ccccc43)C2(C(=O)O)C1)c1ccccc1OC. The van der Waals surface area contributed by atoms with Gasteiger partial charge in [-0.05, 0) is 47.7 Å². The molecule has 0 spiro atoms. The molecule has 3 aromatic rings. The van der Waals surface area contributed by atoms with Crippen LogP contribution in [0.2, 0.25) is 5.02 Å². The first-order valence-electron chi connectivity index (χ1n) is 12.5. The first-order valence-corrected chi connectivity index (χ1v) is 12.9. The van der Waals surface area contributed by atoms with Crippen LogP contribution in [-0.2, 0) is 15.0 Å². The molecule has 1 aliphatic heterocycles. The maximum absolute atomic E-state index is 13.9. The van der Waals surface area contributed by atoms with Crippen LogP contribution in [0.4, 0.5) is 0 Å². The summed E-state index contributed by atoms with van der Waals surface area (Å²) < 4.78 is 5.47. The standard InChI is InChI=1S/C31H28ClNO4/c1-19(22-10-4-6-13-26(22)37-2)28(34)33-17-27-30(20-8-7-9-21(32)16-20)15-14-25(31(27,18-33)29(35)36)23-11-3-5-12-24(23)30/h3-13,16,25,27H,1,14-15,17-18H2,2H3,(H,35,36). The number of likely N-dealkylation sites (tertiary alicyclic amines) is 1. The van der Waals surface area contributed by atoms with Gasteiger partial charge in [-0.25, -0.2) is 0 Å². The Labute approximate surface area is 221 Å². The number of para-hydroxylation sites is 1. The lowest BCUT2D eigenvalue weighted by Gasteiger charge is -2.59. The molecular formula is C31H28ClNO4. The molecule has 1 N–H and O–H groups in total. The summed E-state index contributed by atoms with van der Waals surface area (Å²) in [4.78, 5) is 28.9. The molecule has 188 valence electrons. The van der Waals surface area contributed by atoms with Crippen molar-refractivity contribution in [3.05, 3.63) is 107 Å². The molecular weight excluding hydrogens is 486 g/mol. The molecule has 0 aromatic heterocycles. The maximum Gasteiger partial charge on any atom is 0.312 e.